The van der Waals surface area contributed by atoms with E-state index in [1.54, 1.807) is 0 Å². The summed E-state index contributed by atoms with van der Waals surface area (Å²) >= 11 is 0. The van der Waals surface area contributed by atoms with E-state index in [0.717, 1.165) is 38.1 Å². The van der Waals surface area contributed by atoms with Gasteiger partial charge >= 0.3 is 0 Å². The van der Waals surface area contributed by atoms with Crippen molar-refractivity contribution in [2.24, 2.45) is 5.92 Å². The first-order valence-electron chi connectivity index (χ1n) is 7.53. The summed E-state index contributed by atoms with van der Waals surface area (Å²) in [6, 6.07) is 0.638. The predicted octanol–water partition coefficient (Wildman–Crippen LogP) is 2.76. The van der Waals surface area contributed by atoms with Crippen molar-refractivity contribution in [3.63, 3.8) is 0 Å². The van der Waals surface area contributed by atoms with Crippen LogP contribution in [0.4, 0.5) is 0 Å². The lowest BCUT2D eigenvalue weighted by Gasteiger charge is -2.17. The van der Waals surface area contributed by atoms with Gasteiger partial charge in [-0.2, -0.15) is 0 Å². The van der Waals surface area contributed by atoms with Gasteiger partial charge in [0.1, 0.15) is 9.84 Å². The standard InChI is InChI=1S/C14H29NO2S/c1-3-10-15-14(13-8-9-13)7-5-6-12-18(16,17)11-4-2/h13-15H,3-12H2,1-2H3. The van der Waals surface area contributed by atoms with Crippen molar-refractivity contribution in [1.82, 2.24) is 5.32 Å². The Kier molecular flexibility index (Phi) is 7.23. The number of rotatable bonds is 11. The molecule has 0 heterocycles. The highest BCUT2D eigenvalue weighted by atomic mass is 32.2. The molecule has 18 heavy (non-hydrogen) atoms. The Labute approximate surface area is 113 Å². The van der Waals surface area contributed by atoms with E-state index in [-0.39, 0.29) is 0 Å². The minimum atomic E-state index is -2.77. The van der Waals surface area contributed by atoms with Gasteiger partial charge in [-0.05, 0) is 51.0 Å². The fourth-order valence-electron chi connectivity index (χ4n) is 2.43. The van der Waals surface area contributed by atoms with Crippen molar-refractivity contribution in [2.75, 3.05) is 18.1 Å². The monoisotopic (exact) mass is 275 g/mol. The van der Waals surface area contributed by atoms with Crippen LogP contribution in [0.5, 0.6) is 0 Å². The van der Waals surface area contributed by atoms with Crippen LogP contribution in [0.2, 0.25) is 0 Å². The maximum absolute atomic E-state index is 11.6. The Hall–Kier alpha value is -0.0900. The van der Waals surface area contributed by atoms with E-state index in [4.69, 9.17) is 0 Å². The molecule has 0 spiro atoms. The Morgan fingerprint density at radius 3 is 2.39 bits per heavy atom. The SMILES string of the molecule is CCCNC(CCCCS(=O)(=O)CCC)C1CC1. The molecular formula is C14H29NO2S. The maximum atomic E-state index is 11.6. The molecule has 4 heteroatoms. The van der Waals surface area contributed by atoms with E-state index < -0.39 is 9.84 Å². The lowest BCUT2D eigenvalue weighted by atomic mass is 10.1. The molecule has 0 amide bonds. The molecule has 0 bridgehead atoms. The molecule has 1 aliphatic rings. The van der Waals surface area contributed by atoms with Gasteiger partial charge in [-0.1, -0.05) is 20.3 Å². The first-order valence-corrected chi connectivity index (χ1v) is 9.35. The molecule has 1 atom stereocenters. The van der Waals surface area contributed by atoms with Gasteiger partial charge in [0.2, 0.25) is 0 Å². The van der Waals surface area contributed by atoms with Crippen LogP contribution >= 0.6 is 0 Å². The van der Waals surface area contributed by atoms with Gasteiger partial charge in [0, 0.05) is 11.8 Å². The van der Waals surface area contributed by atoms with Gasteiger partial charge in [-0.3, -0.25) is 0 Å². The topological polar surface area (TPSA) is 46.2 Å². The van der Waals surface area contributed by atoms with Crippen LogP contribution in [0.25, 0.3) is 0 Å². The molecule has 0 aliphatic heterocycles. The van der Waals surface area contributed by atoms with Crippen LogP contribution in [0, 0.1) is 5.92 Å². The average Bonchev–Trinajstić information content (AvgIpc) is 3.12. The van der Waals surface area contributed by atoms with E-state index in [1.165, 1.54) is 19.3 Å². The Morgan fingerprint density at radius 1 is 1.11 bits per heavy atom. The molecule has 0 aromatic rings. The first-order chi connectivity index (χ1) is 8.59. The Bertz CT molecular complexity index is 310. The summed E-state index contributed by atoms with van der Waals surface area (Å²) in [6.07, 6.45) is 7.65. The molecule has 1 saturated carbocycles. The summed E-state index contributed by atoms with van der Waals surface area (Å²) in [6.45, 7) is 5.21. The lowest BCUT2D eigenvalue weighted by Crippen LogP contribution is -2.31. The summed E-state index contributed by atoms with van der Waals surface area (Å²) in [5, 5.41) is 3.60. The largest absolute Gasteiger partial charge is 0.314 e. The van der Waals surface area contributed by atoms with Crippen molar-refractivity contribution < 1.29 is 8.42 Å². The van der Waals surface area contributed by atoms with Crippen molar-refractivity contribution in [2.45, 2.75) is 64.8 Å². The molecule has 0 aromatic heterocycles. The summed E-state index contributed by atoms with van der Waals surface area (Å²) < 4.78 is 23.2. The van der Waals surface area contributed by atoms with Crippen LogP contribution in [0.1, 0.15) is 58.8 Å². The third kappa shape index (κ3) is 6.74. The third-order valence-corrected chi connectivity index (χ3v) is 5.52. The van der Waals surface area contributed by atoms with Crippen molar-refractivity contribution in [3.05, 3.63) is 0 Å². The van der Waals surface area contributed by atoms with Crippen LogP contribution < -0.4 is 5.32 Å². The molecule has 0 saturated heterocycles. The van der Waals surface area contributed by atoms with Crippen molar-refractivity contribution in [1.29, 1.82) is 0 Å². The highest BCUT2D eigenvalue weighted by molar-refractivity contribution is 7.91. The molecule has 1 rings (SSSR count). The molecule has 1 aliphatic carbocycles. The normalized spacial score (nSPS) is 17.9. The fraction of sp³-hybridized carbons (Fsp3) is 1.00. The molecule has 0 radical (unpaired) electrons. The van der Waals surface area contributed by atoms with E-state index in [1.807, 2.05) is 6.92 Å². The first kappa shape index (κ1) is 16.0. The van der Waals surface area contributed by atoms with Crippen LogP contribution in [0.15, 0.2) is 0 Å². The summed E-state index contributed by atoms with van der Waals surface area (Å²) in [7, 11) is -2.77. The average molecular weight is 275 g/mol. The van der Waals surface area contributed by atoms with E-state index in [2.05, 4.69) is 12.2 Å². The second-order valence-electron chi connectivity index (χ2n) is 5.55. The zero-order chi connectivity index (χ0) is 13.4. The van der Waals surface area contributed by atoms with Crippen LogP contribution in [-0.2, 0) is 9.84 Å². The number of hydrogen-bond donors (Lipinski definition) is 1. The minimum Gasteiger partial charge on any atom is -0.314 e. The number of unbranched alkanes of at least 4 members (excludes halogenated alkanes) is 1. The Morgan fingerprint density at radius 2 is 1.83 bits per heavy atom. The molecule has 1 N–H and O–H groups in total. The lowest BCUT2D eigenvalue weighted by molar-refractivity contribution is 0.423. The second kappa shape index (κ2) is 8.16. The molecule has 1 unspecified atom stereocenters. The molecule has 108 valence electrons. The van der Waals surface area contributed by atoms with Gasteiger partial charge < -0.3 is 5.32 Å². The van der Waals surface area contributed by atoms with Gasteiger partial charge in [-0.15, -0.1) is 0 Å². The fourth-order valence-corrected chi connectivity index (χ4v) is 3.90. The highest BCUT2D eigenvalue weighted by Crippen LogP contribution is 2.34. The highest BCUT2D eigenvalue weighted by Gasteiger charge is 2.30. The van der Waals surface area contributed by atoms with Gasteiger partial charge in [-0.25, -0.2) is 8.42 Å². The van der Waals surface area contributed by atoms with Gasteiger partial charge in [0.05, 0.1) is 5.75 Å². The Balaban J connectivity index is 2.14. The van der Waals surface area contributed by atoms with Crippen molar-refractivity contribution in [3.8, 4) is 0 Å². The van der Waals surface area contributed by atoms with Gasteiger partial charge in [0.25, 0.3) is 0 Å². The number of nitrogens with one attached hydrogen (secondary N) is 1. The second-order valence-corrected chi connectivity index (χ2v) is 7.85. The van der Waals surface area contributed by atoms with Crippen LogP contribution in [0.3, 0.4) is 0 Å². The zero-order valence-corrected chi connectivity index (χ0v) is 12.8. The van der Waals surface area contributed by atoms with E-state index in [9.17, 15) is 8.42 Å². The summed E-state index contributed by atoms with van der Waals surface area (Å²) in [5.74, 6) is 1.60. The minimum absolute atomic E-state index is 0.354. The third-order valence-electron chi connectivity index (χ3n) is 3.58. The van der Waals surface area contributed by atoms with Gasteiger partial charge in [0.15, 0.2) is 0 Å². The molecule has 3 nitrogen and oxygen atoms in total. The smallest absolute Gasteiger partial charge is 0.150 e. The van der Waals surface area contributed by atoms with Crippen LogP contribution in [-0.4, -0.2) is 32.5 Å². The quantitative estimate of drug-likeness (QED) is 0.590. The number of hydrogen-bond acceptors (Lipinski definition) is 3. The zero-order valence-electron chi connectivity index (χ0n) is 12.0. The molecule has 0 aromatic carbocycles. The number of sulfone groups is 1. The predicted molar refractivity (Wildman–Crippen MR) is 77.6 cm³/mol. The van der Waals surface area contributed by atoms with E-state index in [0.29, 0.717) is 17.5 Å². The summed E-state index contributed by atoms with van der Waals surface area (Å²) in [5.41, 5.74) is 0. The summed E-state index contributed by atoms with van der Waals surface area (Å²) in [4.78, 5) is 0. The molecular weight excluding hydrogens is 246 g/mol. The van der Waals surface area contributed by atoms with E-state index >= 15 is 0 Å². The van der Waals surface area contributed by atoms with Crippen molar-refractivity contribution >= 4 is 9.84 Å². The maximum Gasteiger partial charge on any atom is 0.150 e. The molecule has 1 fully saturated rings.